The third-order valence-electron chi connectivity index (χ3n) is 4.07. The van der Waals surface area contributed by atoms with E-state index in [1.165, 1.54) is 30.0 Å². The Morgan fingerprint density at radius 2 is 1.70 bits per heavy atom. The molecule has 2 rings (SSSR count). The number of carbonyl (C=O) groups is 2. The molecule has 1 aromatic heterocycles. The van der Waals surface area contributed by atoms with Gasteiger partial charge in [0, 0.05) is 31.9 Å². The molecule has 5 nitrogen and oxygen atoms in total. The van der Waals surface area contributed by atoms with Gasteiger partial charge in [0.2, 0.25) is 11.8 Å². The van der Waals surface area contributed by atoms with E-state index in [0.717, 1.165) is 5.56 Å². The van der Waals surface area contributed by atoms with Crippen molar-refractivity contribution in [3.05, 3.63) is 59.4 Å². The van der Waals surface area contributed by atoms with Crippen molar-refractivity contribution in [2.45, 2.75) is 38.5 Å². The minimum atomic E-state index is -4.63. The second kappa shape index (κ2) is 8.28. The van der Waals surface area contributed by atoms with Crippen LogP contribution in [0.3, 0.4) is 0 Å². The van der Waals surface area contributed by atoms with Crippen LogP contribution in [0.5, 0.6) is 0 Å². The Morgan fingerprint density at radius 3 is 2.19 bits per heavy atom. The number of alkyl halides is 3. The Balaban J connectivity index is 2.17. The summed E-state index contributed by atoms with van der Waals surface area (Å²) in [5.41, 5.74) is 1.59. The molecule has 8 heteroatoms. The van der Waals surface area contributed by atoms with Crippen LogP contribution in [0.1, 0.15) is 42.1 Å². The standard InChI is InChI=1S/C19H22F3N3O2/c1-12-4-6-14(7-5-12)16(23-13(2)26)10-17(27)24-18(19(20,21)22)15-8-9-25(3)11-15/h4-9,11,16,18H,10H2,1-3H3,(H,23,26)(H,24,27). The first-order chi connectivity index (χ1) is 12.6. The summed E-state index contributed by atoms with van der Waals surface area (Å²) in [5, 5.41) is 4.66. The van der Waals surface area contributed by atoms with Crippen LogP contribution in [0.15, 0.2) is 42.7 Å². The normalized spacial score (nSPS) is 13.7. The van der Waals surface area contributed by atoms with E-state index in [-0.39, 0.29) is 17.9 Å². The number of rotatable bonds is 6. The second-order valence-electron chi connectivity index (χ2n) is 6.52. The largest absolute Gasteiger partial charge is 0.412 e. The van der Waals surface area contributed by atoms with Gasteiger partial charge in [0.25, 0.3) is 0 Å². The topological polar surface area (TPSA) is 63.1 Å². The van der Waals surface area contributed by atoms with Crippen molar-refractivity contribution in [3.63, 3.8) is 0 Å². The number of nitrogens with zero attached hydrogens (tertiary/aromatic N) is 1. The van der Waals surface area contributed by atoms with Crippen molar-refractivity contribution in [2.75, 3.05) is 0 Å². The summed E-state index contributed by atoms with van der Waals surface area (Å²) >= 11 is 0. The first-order valence-corrected chi connectivity index (χ1v) is 8.38. The molecular formula is C19H22F3N3O2. The lowest BCUT2D eigenvalue weighted by molar-refractivity contribution is -0.163. The van der Waals surface area contributed by atoms with E-state index < -0.39 is 24.2 Å². The maximum Gasteiger partial charge on any atom is 0.412 e. The van der Waals surface area contributed by atoms with Crippen molar-refractivity contribution in [2.24, 2.45) is 7.05 Å². The molecule has 0 aliphatic rings. The van der Waals surface area contributed by atoms with Crippen molar-refractivity contribution in [3.8, 4) is 0 Å². The molecule has 0 radical (unpaired) electrons. The first-order valence-electron chi connectivity index (χ1n) is 8.38. The molecule has 2 amide bonds. The summed E-state index contributed by atoms with van der Waals surface area (Å²) < 4.78 is 41.7. The molecule has 2 aromatic rings. The van der Waals surface area contributed by atoms with Crippen LogP contribution in [0.4, 0.5) is 13.2 Å². The Kier molecular flexibility index (Phi) is 6.30. The Hall–Kier alpha value is -2.77. The number of hydrogen-bond donors (Lipinski definition) is 2. The van der Waals surface area contributed by atoms with Crippen LogP contribution >= 0.6 is 0 Å². The molecular weight excluding hydrogens is 359 g/mol. The quantitative estimate of drug-likeness (QED) is 0.806. The minimum Gasteiger partial charge on any atom is -0.357 e. The van der Waals surface area contributed by atoms with Gasteiger partial charge in [-0.05, 0) is 18.6 Å². The van der Waals surface area contributed by atoms with Crippen molar-refractivity contribution in [1.29, 1.82) is 0 Å². The van der Waals surface area contributed by atoms with Gasteiger partial charge >= 0.3 is 6.18 Å². The third kappa shape index (κ3) is 5.87. The predicted molar refractivity (Wildman–Crippen MR) is 94.7 cm³/mol. The summed E-state index contributed by atoms with van der Waals surface area (Å²) in [6.45, 7) is 3.18. The highest BCUT2D eigenvalue weighted by Gasteiger charge is 2.42. The summed E-state index contributed by atoms with van der Waals surface area (Å²) in [6.07, 6.45) is -2.15. The van der Waals surface area contributed by atoms with Crippen molar-refractivity contribution in [1.82, 2.24) is 15.2 Å². The fraction of sp³-hybridized carbons (Fsp3) is 0.368. The number of aryl methyl sites for hydroxylation is 2. The number of benzene rings is 1. The molecule has 0 saturated carbocycles. The lowest BCUT2D eigenvalue weighted by Crippen LogP contribution is -2.40. The maximum atomic E-state index is 13.4. The van der Waals surface area contributed by atoms with Crippen LogP contribution in [0.2, 0.25) is 0 Å². The number of halogens is 3. The fourth-order valence-corrected chi connectivity index (χ4v) is 2.75. The SMILES string of the molecule is CC(=O)NC(CC(=O)NC(c1ccn(C)c1)C(F)(F)F)c1ccc(C)cc1. The van der Waals surface area contributed by atoms with E-state index in [2.05, 4.69) is 5.32 Å². The first kappa shape index (κ1) is 20.5. The zero-order valence-electron chi connectivity index (χ0n) is 15.3. The molecule has 0 fully saturated rings. The Labute approximate surface area is 155 Å². The fourth-order valence-electron chi connectivity index (χ4n) is 2.75. The van der Waals surface area contributed by atoms with Crippen molar-refractivity contribution < 1.29 is 22.8 Å². The average molecular weight is 381 g/mol. The van der Waals surface area contributed by atoms with E-state index in [4.69, 9.17) is 0 Å². The number of nitrogens with one attached hydrogen (secondary N) is 2. The van der Waals surface area contributed by atoms with Gasteiger partial charge in [-0.15, -0.1) is 0 Å². The third-order valence-corrected chi connectivity index (χ3v) is 4.07. The Bertz CT molecular complexity index is 797. The van der Waals surface area contributed by atoms with Crippen LogP contribution in [-0.2, 0) is 16.6 Å². The lowest BCUT2D eigenvalue weighted by atomic mass is 10.0. The van der Waals surface area contributed by atoms with E-state index in [1.54, 1.807) is 19.2 Å². The minimum absolute atomic E-state index is 0.0511. The lowest BCUT2D eigenvalue weighted by Gasteiger charge is -2.23. The Morgan fingerprint density at radius 1 is 1.07 bits per heavy atom. The molecule has 0 aliphatic heterocycles. The van der Waals surface area contributed by atoms with Crippen LogP contribution in [-0.4, -0.2) is 22.6 Å². The molecule has 0 spiro atoms. The molecule has 1 aromatic carbocycles. The van der Waals surface area contributed by atoms with E-state index in [1.807, 2.05) is 24.4 Å². The van der Waals surface area contributed by atoms with Gasteiger partial charge in [-0.2, -0.15) is 13.2 Å². The molecule has 2 atom stereocenters. The monoisotopic (exact) mass is 381 g/mol. The van der Waals surface area contributed by atoms with E-state index in [0.29, 0.717) is 5.56 Å². The molecule has 0 aliphatic carbocycles. The summed E-state index contributed by atoms with van der Waals surface area (Å²) in [4.78, 5) is 23.8. The van der Waals surface area contributed by atoms with Gasteiger partial charge in [-0.1, -0.05) is 29.8 Å². The van der Waals surface area contributed by atoms with Gasteiger partial charge in [0.05, 0.1) is 12.5 Å². The number of carbonyl (C=O) groups excluding carboxylic acids is 2. The zero-order chi connectivity index (χ0) is 20.2. The second-order valence-corrected chi connectivity index (χ2v) is 6.52. The molecule has 2 unspecified atom stereocenters. The number of aromatic nitrogens is 1. The molecule has 146 valence electrons. The van der Waals surface area contributed by atoms with Crippen LogP contribution < -0.4 is 10.6 Å². The van der Waals surface area contributed by atoms with Crippen LogP contribution in [0, 0.1) is 6.92 Å². The predicted octanol–water partition coefficient (Wildman–Crippen LogP) is 3.32. The van der Waals surface area contributed by atoms with Gasteiger partial charge in [0.15, 0.2) is 6.04 Å². The molecule has 1 heterocycles. The van der Waals surface area contributed by atoms with Gasteiger partial charge in [-0.3, -0.25) is 9.59 Å². The smallest absolute Gasteiger partial charge is 0.357 e. The van der Waals surface area contributed by atoms with Crippen LogP contribution in [0.25, 0.3) is 0 Å². The molecule has 0 bridgehead atoms. The molecule has 2 N–H and O–H groups in total. The highest BCUT2D eigenvalue weighted by atomic mass is 19.4. The van der Waals surface area contributed by atoms with Crippen molar-refractivity contribution >= 4 is 11.8 Å². The number of hydrogen-bond acceptors (Lipinski definition) is 2. The van der Waals surface area contributed by atoms with Gasteiger partial charge < -0.3 is 15.2 Å². The zero-order valence-corrected chi connectivity index (χ0v) is 15.3. The summed E-state index contributed by atoms with van der Waals surface area (Å²) in [6, 6.07) is 5.58. The van der Waals surface area contributed by atoms with E-state index >= 15 is 0 Å². The van der Waals surface area contributed by atoms with E-state index in [9.17, 15) is 22.8 Å². The summed E-state index contributed by atoms with van der Waals surface area (Å²) in [7, 11) is 1.60. The maximum absolute atomic E-state index is 13.4. The highest BCUT2D eigenvalue weighted by molar-refractivity contribution is 5.79. The molecule has 0 saturated heterocycles. The van der Waals surface area contributed by atoms with Gasteiger partial charge in [0.1, 0.15) is 0 Å². The average Bonchev–Trinajstić information content (AvgIpc) is 2.97. The van der Waals surface area contributed by atoms with Gasteiger partial charge in [-0.25, -0.2) is 0 Å². The highest BCUT2D eigenvalue weighted by Crippen LogP contribution is 2.33. The molecule has 27 heavy (non-hydrogen) atoms. The summed E-state index contributed by atoms with van der Waals surface area (Å²) in [5.74, 6) is -1.18. The number of amides is 2.